The molecule has 1 saturated carbocycles. The Morgan fingerprint density at radius 1 is 1.25 bits per heavy atom. The van der Waals surface area contributed by atoms with Gasteiger partial charge >= 0.3 is 7.60 Å². The Morgan fingerprint density at radius 3 is 2.67 bits per heavy atom. The highest BCUT2D eigenvalue weighted by molar-refractivity contribution is 7.52. The number of carbonyl (C=O) groups excluding carboxylic acids is 1. The van der Waals surface area contributed by atoms with Crippen LogP contribution in [0.3, 0.4) is 0 Å². The van der Waals surface area contributed by atoms with E-state index in [4.69, 9.17) is 18.7 Å². The number of aliphatic imine (C=N–C) groups is 1. The Labute approximate surface area is 232 Å². The third-order valence-corrected chi connectivity index (χ3v) is 8.70. The van der Waals surface area contributed by atoms with Gasteiger partial charge in [0.2, 0.25) is 18.0 Å². The number of hydrogen-bond acceptors (Lipinski definition) is 11. The smallest absolute Gasteiger partial charge is 0.373 e. The van der Waals surface area contributed by atoms with Crippen molar-refractivity contribution in [1.29, 1.82) is 0 Å². The number of aliphatic hydroxyl groups is 3. The number of likely N-dealkylation sites (N-methyl/N-ethyl adjacent to an activating group) is 1. The molecule has 3 heterocycles. The van der Waals surface area contributed by atoms with E-state index >= 15 is 0 Å². The molecule has 11 atom stereocenters. The Balaban J connectivity index is 1.30. The summed E-state index contributed by atoms with van der Waals surface area (Å²) in [5, 5.41) is 39.5. The molecule has 40 heavy (non-hydrogen) atoms. The summed E-state index contributed by atoms with van der Waals surface area (Å²) in [6, 6.07) is 3.41. The maximum atomic E-state index is 13.2. The molecule has 0 radical (unpaired) electrons. The van der Waals surface area contributed by atoms with E-state index in [0.29, 0.717) is 23.4 Å². The number of nitrogens with one attached hydrogen (secondary N) is 2. The number of rotatable bonds is 7. The molecule has 3 aliphatic heterocycles. The maximum absolute atomic E-state index is 13.2. The highest BCUT2D eigenvalue weighted by atomic mass is 31.2. The van der Waals surface area contributed by atoms with Crippen LogP contribution in [0.2, 0.25) is 0 Å². The van der Waals surface area contributed by atoms with Gasteiger partial charge in [-0.05, 0) is 38.9 Å². The average Bonchev–Trinajstić information content (AvgIpc) is 3.27. The molecule has 13 nitrogen and oxygen atoms in total. The van der Waals surface area contributed by atoms with Gasteiger partial charge in [-0.3, -0.25) is 9.79 Å². The van der Waals surface area contributed by atoms with Gasteiger partial charge in [0, 0.05) is 30.3 Å². The minimum Gasteiger partial charge on any atom is -0.424 e. The molecule has 14 heteroatoms. The average molecular weight is 584 g/mol. The Morgan fingerprint density at radius 2 is 2.00 bits per heavy atom. The highest BCUT2D eigenvalue weighted by Gasteiger charge is 2.63. The van der Waals surface area contributed by atoms with Crippen LogP contribution in [-0.4, -0.2) is 100 Å². The summed E-state index contributed by atoms with van der Waals surface area (Å²) in [6.45, 7) is 4.75. The Bertz CT molecular complexity index is 1210. The van der Waals surface area contributed by atoms with Crippen LogP contribution in [0.15, 0.2) is 23.2 Å². The summed E-state index contributed by atoms with van der Waals surface area (Å²) >= 11 is 0. The van der Waals surface area contributed by atoms with Gasteiger partial charge in [0.1, 0.15) is 18.0 Å². The zero-order valence-corrected chi connectivity index (χ0v) is 23.8. The van der Waals surface area contributed by atoms with Crippen LogP contribution < -0.4 is 15.2 Å². The number of amides is 1. The lowest BCUT2D eigenvalue weighted by Crippen LogP contribution is -2.77. The second-order valence-electron chi connectivity index (χ2n) is 11.1. The lowest BCUT2D eigenvalue weighted by atomic mass is 9.74. The molecular formula is C26H38N3O10P. The van der Waals surface area contributed by atoms with Crippen molar-refractivity contribution in [3.63, 3.8) is 0 Å². The molecule has 3 fully saturated rings. The van der Waals surface area contributed by atoms with Crippen molar-refractivity contribution in [2.75, 3.05) is 13.7 Å². The molecule has 0 bridgehead atoms. The minimum atomic E-state index is -3.78. The monoisotopic (exact) mass is 583 g/mol. The van der Waals surface area contributed by atoms with E-state index in [1.54, 1.807) is 32.2 Å². The van der Waals surface area contributed by atoms with E-state index in [2.05, 4.69) is 15.6 Å². The first-order valence-corrected chi connectivity index (χ1v) is 15.6. The predicted molar refractivity (Wildman–Crippen MR) is 142 cm³/mol. The summed E-state index contributed by atoms with van der Waals surface area (Å²) in [4.78, 5) is 27.3. The molecule has 1 unspecified atom stereocenters. The van der Waals surface area contributed by atoms with Gasteiger partial charge < -0.3 is 49.6 Å². The topological polar surface area (TPSA) is 188 Å². The van der Waals surface area contributed by atoms with Gasteiger partial charge in [-0.15, -0.1) is 0 Å². The van der Waals surface area contributed by atoms with Crippen molar-refractivity contribution in [3.05, 3.63) is 23.8 Å². The minimum absolute atomic E-state index is 0.0921. The molecule has 0 spiro atoms. The van der Waals surface area contributed by atoms with Crippen LogP contribution in [0.4, 0.5) is 5.69 Å². The highest BCUT2D eigenvalue weighted by Crippen LogP contribution is 2.45. The summed E-state index contributed by atoms with van der Waals surface area (Å²) in [7, 11) is -2.12. The summed E-state index contributed by atoms with van der Waals surface area (Å²) < 4.78 is 35.1. The zero-order valence-electron chi connectivity index (χ0n) is 22.9. The number of hydrogen-bond donors (Lipinski definition) is 6. The van der Waals surface area contributed by atoms with Crippen LogP contribution in [0.1, 0.15) is 38.7 Å². The van der Waals surface area contributed by atoms with Crippen LogP contribution in [0, 0.1) is 5.92 Å². The number of ether oxygens (including phenoxy) is 3. The Hall–Kier alpha value is -1.93. The number of carbonyl (C=O) groups is 1. The standard InChI is InChI=1S/C26H38N3O10P/c1-5-14-21(31)20(27-3)23-24(22(14)32)37-25-26(33,38-23)18(9-12(2)36-25)29-19(30)11-13-10-15-16(28-13)7-6-8-17(15)39-40(4,34)35/h6-8,12,14,18,20-25,27,31-33H,5,9-11H2,1-4H3,(H,29,30)(H,34,35)/t12-,14-,18-,20+,21+,22+,23-,24-,25+,26+/m1/s1. The van der Waals surface area contributed by atoms with E-state index in [-0.39, 0.29) is 25.0 Å². The quantitative estimate of drug-likeness (QED) is 0.243. The molecule has 4 aliphatic rings. The van der Waals surface area contributed by atoms with Crippen molar-refractivity contribution >= 4 is 24.9 Å². The van der Waals surface area contributed by atoms with Crippen molar-refractivity contribution in [2.24, 2.45) is 10.9 Å². The van der Waals surface area contributed by atoms with Crippen molar-refractivity contribution in [2.45, 2.75) is 94.2 Å². The van der Waals surface area contributed by atoms with E-state index in [1.165, 1.54) is 0 Å². The fraction of sp³-hybridized carbons (Fsp3) is 0.692. The van der Waals surface area contributed by atoms with Crippen molar-refractivity contribution in [1.82, 2.24) is 10.6 Å². The van der Waals surface area contributed by atoms with Crippen molar-refractivity contribution < 1.29 is 48.3 Å². The molecule has 6 N–H and O–H groups in total. The van der Waals surface area contributed by atoms with E-state index in [0.717, 1.165) is 6.66 Å². The first kappa shape index (κ1) is 29.6. The third kappa shape index (κ3) is 5.47. The van der Waals surface area contributed by atoms with Gasteiger partial charge in [-0.25, -0.2) is 4.57 Å². The summed E-state index contributed by atoms with van der Waals surface area (Å²) in [6.07, 6.45) is -4.55. The molecule has 1 amide bonds. The number of nitrogens with zero attached hydrogens (tertiary/aromatic N) is 1. The summed E-state index contributed by atoms with van der Waals surface area (Å²) in [5.41, 5.74) is 1.70. The fourth-order valence-corrected chi connectivity index (χ4v) is 6.83. The lowest BCUT2D eigenvalue weighted by molar-refractivity contribution is -0.450. The number of fused-ring (bicyclic) bond motifs is 3. The molecule has 1 aliphatic carbocycles. The molecule has 1 aromatic carbocycles. The summed E-state index contributed by atoms with van der Waals surface area (Å²) in [5.74, 6) is -2.73. The largest absolute Gasteiger partial charge is 0.424 e. The second kappa shape index (κ2) is 11.0. The SMILES string of the molecule is CC[C@@H]1[C@H](O)[C@H](NC)[C@H]2O[C@]3(O)[C@H](O[C@@H]2[C@H]1O)O[C@H](C)C[C@H]3NC(=O)CC1=Nc2cccc(OP(C)(=O)O)c2C1. The van der Waals surface area contributed by atoms with Gasteiger partial charge in [0.15, 0.2) is 0 Å². The maximum Gasteiger partial charge on any atom is 0.373 e. The molecule has 5 rings (SSSR count). The van der Waals surface area contributed by atoms with Crippen LogP contribution in [0.25, 0.3) is 0 Å². The van der Waals surface area contributed by atoms with E-state index in [9.17, 15) is 29.6 Å². The predicted octanol–water partition coefficient (Wildman–Crippen LogP) is 0.341. The molecule has 2 saturated heterocycles. The van der Waals surface area contributed by atoms with Crippen LogP contribution in [-0.2, 0) is 30.0 Å². The molecule has 0 aromatic heterocycles. The number of benzene rings is 1. The van der Waals surface area contributed by atoms with Gasteiger partial charge in [-0.1, -0.05) is 13.0 Å². The lowest BCUT2D eigenvalue weighted by Gasteiger charge is -2.58. The van der Waals surface area contributed by atoms with Gasteiger partial charge in [-0.2, -0.15) is 0 Å². The number of aliphatic hydroxyl groups excluding tert-OH is 2. The van der Waals surface area contributed by atoms with Gasteiger partial charge in [0.25, 0.3) is 0 Å². The van der Waals surface area contributed by atoms with Crippen LogP contribution >= 0.6 is 7.60 Å². The molecule has 1 aromatic rings. The first-order valence-electron chi connectivity index (χ1n) is 13.6. The molecular weight excluding hydrogens is 545 g/mol. The van der Waals surface area contributed by atoms with Crippen molar-refractivity contribution in [3.8, 4) is 5.75 Å². The fourth-order valence-electron chi connectivity index (χ4n) is 6.29. The second-order valence-corrected chi connectivity index (χ2v) is 12.9. The normalized spacial score (nSPS) is 40.2. The van der Waals surface area contributed by atoms with E-state index in [1.807, 2.05) is 6.92 Å². The van der Waals surface area contributed by atoms with Crippen LogP contribution in [0.5, 0.6) is 5.75 Å². The third-order valence-electron chi connectivity index (χ3n) is 8.17. The molecule has 222 valence electrons. The van der Waals surface area contributed by atoms with E-state index < -0.39 is 74.1 Å². The first-order chi connectivity index (χ1) is 18.8. The zero-order chi connectivity index (χ0) is 29.0. The Kier molecular flexibility index (Phi) is 8.16. The van der Waals surface area contributed by atoms with Gasteiger partial charge in [0.05, 0.1) is 42.5 Å².